The number of para-hydroxylation sites is 1. The zero-order valence-electron chi connectivity index (χ0n) is 23.6. The third-order valence-corrected chi connectivity index (χ3v) is 6.56. The van der Waals surface area contributed by atoms with E-state index in [1.165, 1.54) is 32.4 Å². The van der Waals surface area contributed by atoms with Gasteiger partial charge in [-0.2, -0.15) is 8.96 Å². The van der Waals surface area contributed by atoms with E-state index in [4.69, 9.17) is 23.7 Å². The lowest BCUT2D eigenvalue weighted by Gasteiger charge is -2.19. The van der Waals surface area contributed by atoms with Crippen molar-refractivity contribution in [2.24, 2.45) is 0 Å². The molecule has 1 saturated heterocycles. The molecular formula is C28H35FN2O10. The highest BCUT2D eigenvalue weighted by molar-refractivity contribution is 5.99. The molecule has 1 aliphatic rings. The first kappa shape index (κ1) is 31.5. The first-order chi connectivity index (χ1) is 19.7. The zero-order chi connectivity index (χ0) is 30.1. The number of nitrogens with zero attached hydrogens (tertiary/aromatic N) is 2. The van der Waals surface area contributed by atoms with Gasteiger partial charge in [-0.15, -0.1) is 0 Å². The van der Waals surface area contributed by atoms with Gasteiger partial charge in [0.2, 0.25) is 5.82 Å². The molecule has 0 radical (unpaired) electrons. The number of carbonyl (C=O) groups excluding carboxylic acids is 3. The molecule has 0 amide bonds. The highest BCUT2D eigenvalue weighted by Gasteiger charge is 2.41. The average molecular weight is 579 g/mol. The van der Waals surface area contributed by atoms with Gasteiger partial charge in [-0.3, -0.25) is 23.7 Å². The monoisotopic (exact) mass is 578 g/mol. The van der Waals surface area contributed by atoms with Gasteiger partial charge in [-0.25, -0.2) is 4.79 Å². The van der Waals surface area contributed by atoms with Crippen LogP contribution in [0.15, 0.2) is 34.0 Å². The second-order valence-corrected chi connectivity index (χ2v) is 9.44. The van der Waals surface area contributed by atoms with Crippen molar-refractivity contribution in [3.8, 4) is 11.5 Å². The maximum Gasteiger partial charge on any atom is 0.340 e. The Labute approximate surface area is 235 Å². The quantitative estimate of drug-likeness (QED) is 0.326. The fraction of sp³-hybridized carbons (Fsp3) is 0.536. The third-order valence-electron chi connectivity index (χ3n) is 6.56. The lowest BCUT2D eigenvalue weighted by molar-refractivity contribution is -0.158. The Morgan fingerprint density at radius 2 is 1.71 bits per heavy atom. The molecule has 41 heavy (non-hydrogen) atoms. The predicted molar refractivity (Wildman–Crippen MR) is 143 cm³/mol. The summed E-state index contributed by atoms with van der Waals surface area (Å²) >= 11 is 0. The number of hydrogen-bond acceptors (Lipinski definition) is 10. The summed E-state index contributed by atoms with van der Waals surface area (Å²) in [5, 5.41) is 0. The van der Waals surface area contributed by atoms with Crippen LogP contribution in [-0.2, 0) is 23.8 Å². The van der Waals surface area contributed by atoms with E-state index < -0.39 is 53.3 Å². The summed E-state index contributed by atoms with van der Waals surface area (Å²) in [6, 6.07) is 4.25. The molecule has 3 atom stereocenters. The number of rotatable bonds is 13. The predicted octanol–water partition coefficient (Wildman–Crippen LogP) is 2.98. The van der Waals surface area contributed by atoms with Gasteiger partial charge >= 0.3 is 17.6 Å². The topological polar surface area (TPSA) is 141 Å². The molecule has 0 aliphatic carbocycles. The number of benzene rings is 1. The molecule has 1 fully saturated rings. The molecule has 0 spiro atoms. The maximum absolute atomic E-state index is 14.9. The van der Waals surface area contributed by atoms with Crippen molar-refractivity contribution in [1.82, 2.24) is 9.13 Å². The van der Waals surface area contributed by atoms with Gasteiger partial charge in [0.25, 0.3) is 11.5 Å². The third kappa shape index (κ3) is 7.40. The SMILES string of the molecule is CCCCC(=O)OC[C@H]1O[C@@H](n2cc(F)c(=O)n(C(=O)c3cccc(OC)c3OC)c2=O)C[C@@H]1OC(=O)CCCC. The van der Waals surface area contributed by atoms with Crippen LogP contribution in [0.4, 0.5) is 4.39 Å². The standard InChI is InChI=1S/C28H35FN2O10/c1-5-7-12-23(32)39-16-21-20(41-24(33)13-8-6-2)14-22(40-21)30-15-18(29)27(35)31(28(30)36)26(34)17-10-9-11-19(37-3)25(17)38-4/h9-11,15,20-22H,5-8,12-14,16H2,1-4H3/t20-,21+,22+/m0/s1. The number of methoxy groups -OCH3 is 2. The first-order valence-electron chi connectivity index (χ1n) is 13.5. The van der Waals surface area contributed by atoms with Crippen molar-refractivity contribution in [2.75, 3.05) is 20.8 Å². The van der Waals surface area contributed by atoms with Crippen LogP contribution in [0.25, 0.3) is 0 Å². The van der Waals surface area contributed by atoms with E-state index >= 15 is 0 Å². The summed E-state index contributed by atoms with van der Waals surface area (Å²) in [7, 11) is 2.61. The molecule has 0 unspecified atom stereocenters. The van der Waals surface area contributed by atoms with Crippen molar-refractivity contribution in [1.29, 1.82) is 0 Å². The van der Waals surface area contributed by atoms with Crippen molar-refractivity contribution >= 4 is 17.8 Å². The zero-order valence-corrected chi connectivity index (χ0v) is 23.6. The second-order valence-electron chi connectivity index (χ2n) is 9.44. The molecule has 0 N–H and O–H groups in total. The lowest BCUT2D eigenvalue weighted by Crippen LogP contribution is -2.46. The summed E-state index contributed by atoms with van der Waals surface area (Å²) in [4.78, 5) is 64.0. The van der Waals surface area contributed by atoms with Gasteiger partial charge in [-0.1, -0.05) is 32.8 Å². The smallest absolute Gasteiger partial charge is 0.340 e. The molecule has 224 valence electrons. The van der Waals surface area contributed by atoms with E-state index in [1.807, 2.05) is 13.8 Å². The van der Waals surface area contributed by atoms with Crippen LogP contribution in [-0.4, -0.2) is 60.0 Å². The molecule has 12 nitrogen and oxygen atoms in total. The molecule has 0 bridgehead atoms. The minimum atomic E-state index is -1.47. The first-order valence-corrected chi connectivity index (χ1v) is 13.5. The number of unbranched alkanes of at least 4 members (excludes halogenated alkanes) is 2. The van der Waals surface area contributed by atoms with E-state index in [-0.39, 0.29) is 47.5 Å². The molecule has 2 heterocycles. The minimum Gasteiger partial charge on any atom is -0.493 e. The van der Waals surface area contributed by atoms with E-state index in [1.54, 1.807) is 0 Å². The largest absolute Gasteiger partial charge is 0.493 e. The van der Waals surface area contributed by atoms with Crippen molar-refractivity contribution in [2.45, 2.75) is 77.2 Å². The Morgan fingerprint density at radius 1 is 1.02 bits per heavy atom. The van der Waals surface area contributed by atoms with Crippen LogP contribution < -0.4 is 20.7 Å². The van der Waals surface area contributed by atoms with Gasteiger partial charge in [0.05, 0.1) is 26.0 Å². The van der Waals surface area contributed by atoms with Gasteiger partial charge in [0, 0.05) is 19.3 Å². The summed E-state index contributed by atoms with van der Waals surface area (Å²) in [6.07, 6.45) is 0.481. The minimum absolute atomic E-state index is 0.0526. The number of esters is 2. The molecule has 0 saturated carbocycles. The van der Waals surface area contributed by atoms with Crippen molar-refractivity contribution in [3.63, 3.8) is 0 Å². The van der Waals surface area contributed by atoms with Crippen LogP contribution >= 0.6 is 0 Å². The summed E-state index contributed by atoms with van der Waals surface area (Å²) in [5.41, 5.74) is -2.87. The van der Waals surface area contributed by atoms with Crippen LogP contribution in [0, 0.1) is 5.82 Å². The molecule has 1 aliphatic heterocycles. The average Bonchev–Trinajstić information content (AvgIpc) is 3.36. The molecule has 2 aromatic rings. The van der Waals surface area contributed by atoms with E-state index in [0.717, 1.165) is 17.4 Å². The van der Waals surface area contributed by atoms with Gasteiger partial charge in [-0.05, 0) is 25.0 Å². The number of halogens is 1. The normalized spacial score (nSPS) is 18.1. The van der Waals surface area contributed by atoms with Gasteiger partial charge in [0.15, 0.2) is 11.5 Å². The number of carbonyl (C=O) groups is 3. The lowest BCUT2D eigenvalue weighted by atomic mass is 10.1. The molecule has 1 aromatic heterocycles. The summed E-state index contributed by atoms with van der Waals surface area (Å²) < 4.78 is 42.9. The van der Waals surface area contributed by atoms with Crippen molar-refractivity contribution in [3.05, 3.63) is 56.6 Å². The van der Waals surface area contributed by atoms with E-state index in [9.17, 15) is 28.4 Å². The Bertz CT molecular complexity index is 1370. The molecule has 3 rings (SSSR count). The van der Waals surface area contributed by atoms with Crippen LogP contribution in [0.1, 0.15) is 75.4 Å². The molecule has 13 heteroatoms. The Kier molecular flexibility index (Phi) is 11.2. The van der Waals surface area contributed by atoms with Gasteiger partial charge in [0.1, 0.15) is 25.0 Å². The Balaban J connectivity index is 1.96. The summed E-state index contributed by atoms with van der Waals surface area (Å²) in [6.45, 7) is 3.57. The van der Waals surface area contributed by atoms with Crippen molar-refractivity contribution < 1.29 is 42.5 Å². The second kappa shape index (κ2) is 14.6. The highest BCUT2D eigenvalue weighted by Crippen LogP contribution is 2.32. The van der Waals surface area contributed by atoms with Crippen LogP contribution in [0.2, 0.25) is 0 Å². The Morgan fingerprint density at radius 3 is 2.34 bits per heavy atom. The van der Waals surface area contributed by atoms with E-state index in [2.05, 4.69) is 0 Å². The number of aromatic nitrogens is 2. The Hall–Kier alpha value is -4.00. The fourth-order valence-corrected chi connectivity index (χ4v) is 4.37. The fourth-order valence-electron chi connectivity index (χ4n) is 4.37. The number of ether oxygens (including phenoxy) is 5. The maximum atomic E-state index is 14.9. The highest BCUT2D eigenvalue weighted by atomic mass is 19.1. The molecule has 1 aromatic carbocycles. The van der Waals surface area contributed by atoms with Gasteiger partial charge < -0.3 is 23.7 Å². The molecular weight excluding hydrogens is 543 g/mol. The van der Waals surface area contributed by atoms with Crippen LogP contribution in [0.3, 0.4) is 0 Å². The van der Waals surface area contributed by atoms with Crippen LogP contribution in [0.5, 0.6) is 11.5 Å². The summed E-state index contributed by atoms with van der Waals surface area (Å²) in [5.74, 6) is -3.41. The van der Waals surface area contributed by atoms with E-state index in [0.29, 0.717) is 19.0 Å². The number of hydrogen-bond donors (Lipinski definition) is 0.